The number of hydrogen-bond acceptors (Lipinski definition) is 6. The lowest BCUT2D eigenvalue weighted by Gasteiger charge is -2.38. The van der Waals surface area contributed by atoms with Gasteiger partial charge in [-0.05, 0) is 67.4 Å². The normalized spacial score (nSPS) is 26.6. The molecule has 246 valence electrons. The van der Waals surface area contributed by atoms with Gasteiger partial charge in [-0.3, -0.25) is 14.4 Å². The molecule has 47 heavy (non-hydrogen) atoms. The van der Waals surface area contributed by atoms with Crippen LogP contribution in [-0.4, -0.2) is 82.6 Å². The second-order valence-electron chi connectivity index (χ2n) is 12.4. The monoisotopic (exact) mass is 701 g/mol. The number of hydrogen-bond donors (Lipinski definition) is 1. The number of ether oxygens (including phenoxy) is 2. The minimum Gasteiger partial charge on any atom is -0.494 e. The van der Waals surface area contributed by atoms with Crippen molar-refractivity contribution >= 4 is 55.8 Å². The smallest absolute Gasteiger partial charge is 0.253 e. The van der Waals surface area contributed by atoms with Crippen LogP contribution in [0.1, 0.15) is 20.3 Å². The van der Waals surface area contributed by atoms with Gasteiger partial charge in [0.1, 0.15) is 17.4 Å². The number of aliphatic hydroxyl groups is 1. The highest BCUT2D eigenvalue weighted by atomic mass is 79.9. The van der Waals surface area contributed by atoms with Crippen molar-refractivity contribution in [2.45, 2.75) is 48.9 Å². The molecular weight excluding hydrogens is 662 g/mol. The Morgan fingerprint density at radius 1 is 1.04 bits per heavy atom. The predicted octanol–water partition coefficient (Wildman–Crippen LogP) is 5.11. The number of aliphatic hydroxyl groups excluding tert-OH is 1. The van der Waals surface area contributed by atoms with E-state index in [-0.39, 0.29) is 42.2 Å². The molecule has 3 amide bonds. The van der Waals surface area contributed by atoms with Crippen molar-refractivity contribution in [1.82, 2.24) is 4.90 Å². The number of carbonyl (C=O) groups excluding carboxylic acids is 3. The Morgan fingerprint density at radius 2 is 1.68 bits per heavy atom. The summed E-state index contributed by atoms with van der Waals surface area (Å²) in [7, 11) is 0. The molecule has 9 nitrogen and oxygen atoms in total. The fourth-order valence-electron chi connectivity index (χ4n) is 7.66. The van der Waals surface area contributed by atoms with E-state index in [1.807, 2.05) is 61.5 Å². The molecule has 3 aromatic carbocycles. The average Bonchev–Trinajstić information content (AvgIpc) is 3.68. The van der Waals surface area contributed by atoms with Gasteiger partial charge in [-0.25, -0.2) is 0 Å². The molecule has 7 atom stereocenters. The molecule has 2 bridgehead atoms. The summed E-state index contributed by atoms with van der Waals surface area (Å²) in [5.74, 6) is -2.11. The molecule has 0 aromatic heterocycles. The molecule has 3 fully saturated rings. The topological polar surface area (TPSA) is 99.6 Å². The summed E-state index contributed by atoms with van der Waals surface area (Å²) in [6, 6.07) is 19.1. The minimum atomic E-state index is -1.29. The first kappa shape index (κ1) is 32.9. The Morgan fingerprint density at radius 3 is 2.32 bits per heavy atom. The number of nitrogens with zero attached hydrogens (tertiary/aromatic N) is 3. The van der Waals surface area contributed by atoms with Crippen LogP contribution in [0.3, 0.4) is 0 Å². The highest BCUT2D eigenvalue weighted by Crippen LogP contribution is 2.61. The highest BCUT2D eigenvalue weighted by Gasteiger charge is 2.77. The van der Waals surface area contributed by atoms with Crippen molar-refractivity contribution in [2.24, 2.45) is 11.8 Å². The fourth-order valence-corrected chi connectivity index (χ4v) is 8.60. The maximum Gasteiger partial charge on any atom is 0.253 e. The zero-order chi connectivity index (χ0) is 33.5. The van der Waals surface area contributed by atoms with Gasteiger partial charge in [0, 0.05) is 29.3 Å². The van der Waals surface area contributed by atoms with Crippen molar-refractivity contribution in [3.63, 3.8) is 0 Å². The Hall–Kier alpha value is -3.99. The Labute approximate surface area is 283 Å². The van der Waals surface area contributed by atoms with Gasteiger partial charge in [-0.1, -0.05) is 58.4 Å². The first-order chi connectivity index (χ1) is 22.7. The third kappa shape index (κ3) is 5.46. The molecular formula is C37H40BrN3O6. The summed E-state index contributed by atoms with van der Waals surface area (Å²) in [6.07, 6.45) is 3.01. The van der Waals surface area contributed by atoms with Gasteiger partial charge >= 0.3 is 0 Å². The Bertz CT molecular complexity index is 1700. The van der Waals surface area contributed by atoms with E-state index in [1.165, 1.54) is 4.90 Å². The van der Waals surface area contributed by atoms with E-state index >= 15 is 0 Å². The minimum absolute atomic E-state index is 0.193. The predicted molar refractivity (Wildman–Crippen MR) is 186 cm³/mol. The van der Waals surface area contributed by atoms with Crippen LogP contribution in [0.5, 0.6) is 5.75 Å². The van der Waals surface area contributed by atoms with Crippen LogP contribution in [0.4, 0.5) is 11.4 Å². The van der Waals surface area contributed by atoms with Crippen molar-refractivity contribution in [1.29, 1.82) is 0 Å². The summed E-state index contributed by atoms with van der Waals surface area (Å²) < 4.78 is 12.3. The summed E-state index contributed by atoms with van der Waals surface area (Å²) >= 11 is 3.76. The number of likely N-dealkylation sites (tertiary alicyclic amines) is 1. The maximum absolute atomic E-state index is 14.9. The largest absolute Gasteiger partial charge is 0.494 e. The number of alkyl halides is 1. The highest BCUT2D eigenvalue weighted by molar-refractivity contribution is 9.09. The Kier molecular flexibility index (Phi) is 9.29. The number of fused-ring (bicyclic) bond motifs is 2. The van der Waals surface area contributed by atoms with Crippen LogP contribution in [0, 0.1) is 11.8 Å². The zero-order valence-electron chi connectivity index (χ0n) is 26.6. The molecule has 3 aliphatic rings. The standard InChI is InChI=1S/C37H40BrN3O6/c1-5-18-39(26-14-16-28(17-15-26)46-7-3)34(43)30-31-35(44)41(23(4)22-42)33(37(31)21-29(38)32(30)47-37)36(45)40(19-6-2)27-13-12-24-10-8-9-11-25(24)20-27/h5-6,8-17,20,23,29-33,42H,1-2,7,18-19,21-22H2,3-4H3/t23-,29?,30+,31+,32+,33?,37?/m1/s1. The number of amides is 3. The van der Waals surface area contributed by atoms with Gasteiger partial charge in [0.05, 0.1) is 37.2 Å². The van der Waals surface area contributed by atoms with E-state index in [4.69, 9.17) is 9.47 Å². The second kappa shape index (κ2) is 13.3. The summed E-state index contributed by atoms with van der Waals surface area (Å²) in [6.45, 7) is 12.0. The van der Waals surface area contributed by atoms with Crippen molar-refractivity contribution < 1.29 is 29.0 Å². The lowest BCUT2D eigenvalue weighted by atomic mass is 9.70. The van der Waals surface area contributed by atoms with E-state index in [1.54, 1.807) is 41.0 Å². The molecule has 0 saturated carbocycles. The molecule has 10 heteroatoms. The zero-order valence-corrected chi connectivity index (χ0v) is 28.2. The molecule has 3 saturated heterocycles. The first-order valence-corrected chi connectivity index (χ1v) is 16.9. The molecule has 6 rings (SSSR count). The second-order valence-corrected chi connectivity index (χ2v) is 13.6. The number of carbonyl (C=O) groups is 3. The third-order valence-corrected chi connectivity index (χ3v) is 10.5. The molecule has 3 heterocycles. The van der Waals surface area contributed by atoms with Crippen molar-refractivity contribution in [2.75, 3.05) is 36.1 Å². The van der Waals surface area contributed by atoms with Gasteiger partial charge < -0.3 is 29.3 Å². The maximum atomic E-state index is 14.9. The number of benzene rings is 3. The van der Waals surface area contributed by atoms with Gasteiger partial charge in [-0.2, -0.15) is 0 Å². The first-order valence-electron chi connectivity index (χ1n) is 16.0. The van der Waals surface area contributed by atoms with Crippen molar-refractivity contribution in [3.8, 4) is 5.75 Å². The average molecular weight is 703 g/mol. The lowest BCUT2D eigenvalue weighted by molar-refractivity contribution is -0.143. The quantitative estimate of drug-likeness (QED) is 0.208. The van der Waals surface area contributed by atoms with Crippen LogP contribution in [-0.2, 0) is 19.1 Å². The number of halogens is 1. The number of anilines is 2. The van der Waals surface area contributed by atoms with Crippen LogP contribution >= 0.6 is 15.9 Å². The molecule has 1 spiro atoms. The molecule has 0 aliphatic carbocycles. The molecule has 1 N–H and O–H groups in total. The lowest BCUT2D eigenvalue weighted by Crippen LogP contribution is -2.59. The summed E-state index contributed by atoms with van der Waals surface area (Å²) in [5.41, 5.74) is 0.000223. The van der Waals surface area contributed by atoms with Gasteiger partial charge in [-0.15, -0.1) is 13.2 Å². The van der Waals surface area contributed by atoms with Crippen LogP contribution in [0.15, 0.2) is 92.0 Å². The van der Waals surface area contributed by atoms with Crippen molar-refractivity contribution in [3.05, 3.63) is 92.0 Å². The van der Waals surface area contributed by atoms with E-state index < -0.39 is 35.6 Å². The Balaban J connectivity index is 1.41. The van der Waals surface area contributed by atoms with Gasteiger partial charge in [0.25, 0.3) is 5.91 Å². The summed E-state index contributed by atoms with van der Waals surface area (Å²) in [5, 5.41) is 12.3. The van der Waals surface area contributed by atoms with E-state index in [0.717, 1.165) is 10.8 Å². The SMILES string of the molecule is C=CCN(C(=O)C1N([C@H](C)CO)C(=O)[C@@H]2[C@H](C(=O)N(CC=C)c3ccc(OCC)cc3)[C@H]3OC12CC3Br)c1ccc2ccccc2c1. The van der Waals surface area contributed by atoms with Crippen LogP contribution in [0.2, 0.25) is 0 Å². The van der Waals surface area contributed by atoms with Gasteiger partial charge in [0.15, 0.2) is 0 Å². The van der Waals surface area contributed by atoms with Gasteiger partial charge in [0.2, 0.25) is 11.8 Å². The third-order valence-electron chi connectivity index (χ3n) is 9.64. The van der Waals surface area contributed by atoms with E-state index in [2.05, 4.69) is 29.1 Å². The molecule has 3 unspecified atom stereocenters. The molecule has 0 radical (unpaired) electrons. The van der Waals surface area contributed by atoms with Crippen LogP contribution in [0.25, 0.3) is 10.8 Å². The van der Waals surface area contributed by atoms with E-state index in [9.17, 15) is 19.5 Å². The fraction of sp³-hybridized carbons (Fsp3) is 0.378. The molecule has 3 aliphatic heterocycles. The molecule has 3 aromatic rings. The van der Waals surface area contributed by atoms with E-state index in [0.29, 0.717) is 30.2 Å². The summed E-state index contributed by atoms with van der Waals surface area (Å²) in [4.78, 5) is 48.4. The van der Waals surface area contributed by atoms with Crippen LogP contribution < -0.4 is 14.5 Å². The number of rotatable bonds is 12.